The third kappa shape index (κ3) is 4.23. The van der Waals surface area contributed by atoms with E-state index in [4.69, 9.17) is 4.74 Å². The molecule has 0 bridgehead atoms. The molecule has 2 aliphatic rings. The summed E-state index contributed by atoms with van der Waals surface area (Å²) in [4.78, 5) is 12.1. The molecular formula is C18H26N2O2. The summed E-state index contributed by atoms with van der Waals surface area (Å²) >= 11 is 0. The fraction of sp³-hybridized carbons (Fsp3) is 0.611. The van der Waals surface area contributed by atoms with Gasteiger partial charge in [-0.1, -0.05) is 19.3 Å². The van der Waals surface area contributed by atoms with Gasteiger partial charge < -0.3 is 15.4 Å². The molecule has 1 unspecified atom stereocenters. The Kier molecular flexibility index (Phi) is 5.33. The molecule has 1 atom stereocenters. The third-order valence-corrected chi connectivity index (χ3v) is 4.72. The molecule has 1 aromatic rings. The van der Waals surface area contributed by atoms with Crippen molar-refractivity contribution in [1.82, 2.24) is 10.6 Å². The van der Waals surface area contributed by atoms with Gasteiger partial charge in [0.1, 0.15) is 5.75 Å². The van der Waals surface area contributed by atoms with Crippen molar-refractivity contribution in [2.24, 2.45) is 5.92 Å². The molecule has 1 amide bonds. The van der Waals surface area contributed by atoms with E-state index in [9.17, 15) is 4.79 Å². The maximum absolute atomic E-state index is 12.1. The summed E-state index contributed by atoms with van der Waals surface area (Å²) in [7, 11) is 0. The maximum atomic E-state index is 12.1. The van der Waals surface area contributed by atoms with Crippen LogP contribution < -0.4 is 15.4 Å². The average molecular weight is 302 g/mol. The summed E-state index contributed by atoms with van der Waals surface area (Å²) in [5, 5.41) is 6.31. The van der Waals surface area contributed by atoms with Crippen molar-refractivity contribution in [1.29, 1.82) is 0 Å². The Morgan fingerprint density at radius 2 is 1.91 bits per heavy atom. The lowest BCUT2D eigenvalue weighted by Gasteiger charge is -2.21. The molecule has 0 aromatic heterocycles. The molecule has 120 valence electrons. The lowest BCUT2D eigenvalue weighted by atomic mass is 9.90. The van der Waals surface area contributed by atoms with Crippen molar-refractivity contribution < 1.29 is 9.53 Å². The van der Waals surface area contributed by atoms with E-state index in [-0.39, 0.29) is 11.9 Å². The first kappa shape index (κ1) is 15.3. The van der Waals surface area contributed by atoms with Crippen molar-refractivity contribution in [3.05, 3.63) is 29.8 Å². The normalized spacial score (nSPS) is 22.5. The Morgan fingerprint density at radius 3 is 2.59 bits per heavy atom. The van der Waals surface area contributed by atoms with E-state index in [1.165, 1.54) is 32.1 Å². The molecular weight excluding hydrogens is 276 g/mol. The Labute approximate surface area is 132 Å². The predicted octanol–water partition coefficient (Wildman–Crippen LogP) is 2.74. The summed E-state index contributed by atoms with van der Waals surface area (Å²) < 4.78 is 5.87. The molecule has 1 heterocycles. The van der Waals surface area contributed by atoms with Crippen LogP contribution in [0, 0.1) is 5.92 Å². The first-order valence-electron chi connectivity index (χ1n) is 8.56. The summed E-state index contributed by atoms with van der Waals surface area (Å²) in [6.07, 6.45) is 7.63. The first-order chi connectivity index (χ1) is 10.8. The number of hydrogen-bond acceptors (Lipinski definition) is 3. The van der Waals surface area contributed by atoms with Crippen LogP contribution in [0.3, 0.4) is 0 Å². The van der Waals surface area contributed by atoms with Gasteiger partial charge in [-0.2, -0.15) is 0 Å². The minimum atomic E-state index is 0.00697. The number of carbonyl (C=O) groups is 1. The van der Waals surface area contributed by atoms with E-state index >= 15 is 0 Å². The fourth-order valence-corrected chi connectivity index (χ4v) is 3.32. The van der Waals surface area contributed by atoms with Crippen molar-refractivity contribution in [2.45, 2.75) is 44.6 Å². The molecule has 2 N–H and O–H groups in total. The maximum Gasteiger partial charge on any atom is 0.251 e. The van der Waals surface area contributed by atoms with Gasteiger partial charge in [0.05, 0.1) is 6.61 Å². The van der Waals surface area contributed by atoms with E-state index in [0.29, 0.717) is 11.5 Å². The molecule has 22 heavy (non-hydrogen) atoms. The highest BCUT2D eigenvalue weighted by molar-refractivity contribution is 5.94. The number of hydrogen-bond donors (Lipinski definition) is 2. The van der Waals surface area contributed by atoms with Gasteiger partial charge >= 0.3 is 0 Å². The van der Waals surface area contributed by atoms with Crippen LogP contribution in [0.5, 0.6) is 5.75 Å². The van der Waals surface area contributed by atoms with Crippen LogP contribution in [0.1, 0.15) is 48.9 Å². The zero-order valence-corrected chi connectivity index (χ0v) is 13.1. The summed E-state index contributed by atoms with van der Waals surface area (Å²) in [6, 6.07) is 7.78. The lowest BCUT2D eigenvalue weighted by molar-refractivity contribution is 0.0940. The number of amides is 1. The molecule has 1 saturated heterocycles. The van der Waals surface area contributed by atoms with Gasteiger partial charge in [0, 0.05) is 18.2 Å². The highest BCUT2D eigenvalue weighted by Gasteiger charge is 2.17. The number of rotatable bonds is 5. The Bertz CT molecular complexity index is 474. The van der Waals surface area contributed by atoms with Crippen LogP contribution >= 0.6 is 0 Å². The monoisotopic (exact) mass is 302 g/mol. The van der Waals surface area contributed by atoms with Gasteiger partial charge in [-0.15, -0.1) is 0 Å². The van der Waals surface area contributed by atoms with Gasteiger partial charge in [-0.05, 0) is 56.0 Å². The van der Waals surface area contributed by atoms with E-state index < -0.39 is 0 Å². The lowest BCUT2D eigenvalue weighted by Crippen LogP contribution is -2.36. The summed E-state index contributed by atoms with van der Waals surface area (Å²) in [5.74, 6) is 1.57. The quantitative estimate of drug-likeness (QED) is 0.879. The summed E-state index contributed by atoms with van der Waals surface area (Å²) in [5.41, 5.74) is 0.705. The third-order valence-electron chi connectivity index (χ3n) is 4.72. The Balaban J connectivity index is 1.47. The van der Waals surface area contributed by atoms with Crippen LogP contribution in [0.25, 0.3) is 0 Å². The molecule has 2 fully saturated rings. The van der Waals surface area contributed by atoms with Crippen LogP contribution in [0.15, 0.2) is 24.3 Å². The van der Waals surface area contributed by atoms with Crippen molar-refractivity contribution >= 4 is 5.91 Å². The molecule has 1 aliphatic heterocycles. The average Bonchev–Trinajstić information content (AvgIpc) is 3.07. The fourth-order valence-electron chi connectivity index (χ4n) is 3.32. The minimum absolute atomic E-state index is 0.00697. The SMILES string of the molecule is O=C(NC1CCNC1)c1ccc(OCC2CCCCC2)cc1. The molecule has 1 aromatic carbocycles. The van der Waals surface area contributed by atoms with Gasteiger partial charge in [-0.3, -0.25) is 4.79 Å². The molecule has 4 heteroatoms. The largest absolute Gasteiger partial charge is 0.493 e. The van der Waals surface area contributed by atoms with Crippen LogP contribution in [-0.2, 0) is 0 Å². The van der Waals surface area contributed by atoms with Crippen LogP contribution in [0.2, 0.25) is 0 Å². The van der Waals surface area contributed by atoms with E-state index in [0.717, 1.165) is 31.9 Å². The van der Waals surface area contributed by atoms with Crippen LogP contribution in [0.4, 0.5) is 0 Å². The molecule has 4 nitrogen and oxygen atoms in total. The van der Waals surface area contributed by atoms with Crippen molar-refractivity contribution in [3.8, 4) is 5.75 Å². The topological polar surface area (TPSA) is 50.4 Å². The van der Waals surface area contributed by atoms with Crippen LogP contribution in [-0.4, -0.2) is 31.6 Å². The minimum Gasteiger partial charge on any atom is -0.493 e. The van der Waals surface area contributed by atoms with E-state index in [2.05, 4.69) is 10.6 Å². The smallest absolute Gasteiger partial charge is 0.251 e. The van der Waals surface area contributed by atoms with Gasteiger partial charge in [-0.25, -0.2) is 0 Å². The molecule has 1 saturated carbocycles. The molecule has 3 rings (SSSR count). The molecule has 1 aliphatic carbocycles. The Morgan fingerprint density at radius 1 is 1.14 bits per heavy atom. The van der Waals surface area contributed by atoms with Gasteiger partial charge in [0.25, 0.3) is 5.91 Å². The molecule has 0 radical (unpaired) electrons. The van der Waals surface area contributed by atoms with Gasteiger partial charge in [0.15, 0.2) is 0 Å². The predicted molar refractivity (Wildman–Crippen MR) is 87.3 cm³/mol. The number of ether oxygens (including phenoxy) is 1. The van der Waals surface area contributed by atoms with E-state index in [1.807, 2.05) is 24.3 Å². The van der Waals surface area contributed by atoms with Gasteiger partial charge in [0.2, 0.25) is 0 Å². The second kappa shape index (κ2) is 7.63. The standard InChI is InChI=1S/C18H26N2O2/c21-18(20-16-10-11-19-12-16)15-6-8-17(9-7-15)22-13-14-4-2-1-3-5-14/h6-9,14,16,19H,1-5,10-13H2,(H,20,21). The number of carbonyl (C=O) groups excluding carboxylic acids is 1. The van der Waals surface area contributed by atoms with Crippen molar-refractivity contribution in [3.63, 3.8) is 0 Å². The highest BCUT2D eigenvalue weighted by atomic mass is 16.5. The zero-order valence-electron chi connectivity index (χ0n) is 13.1. The molecule has 0 spiro atoms. The Hall–Kier alpha value is -1.55. The van der Waals surface area contributed by atoms with Crippen molar-refractivity contribution in [2.75, 3.05) is 19.7 Å². The number of nitrogens with one attached hydrogen (secondary N) is 2. The second-order valence-electron chi connectivity index (χ2n) is 6.50. The summed E-state index contributed by atoms with van der Waals surface area (Å²) in [6.45, 7) is 2.66. The zero-order chi connectivity index (χ0) is 15.2. The first-order valence-corrected chi connectivity index (χ1v) is 8.56. The second-order valence-corrected chi connectivity index (χ2v) is 6.50. The highest BCUT2D eigenvalue weighted by Crippen LogP contribution is 2.24. The van der Waals surface area contributed by atoms with E-state index in [1.54, 1.807) is 0 Å². The number of benzene rings is 1.